The van der Waals surface area contributed by atoms with Gasteiger partial charge in [0, 0.05) is 26.8 Å². The minimum Gasteiger partial charge on any atom is -0.497 e. The Balaban J connectivity index is 1.17. The molecule has 2 N–H and O–H groups in total. The molecule has 2 aromatic carbocycles. The number of anilines is 1. The first-order valence-electron chi connectivity index (χ1n) is 12.8. The van der Waals surface area contributed by atoms with E-state index < -0.39 is 17.7 Å². The number of nitrogens with one attached hydrogen (secondary N) is 2. The van der Waals surface area contributed by atoms with E-state index in [9.17, 15) is 19.2 Å². The molecule has 2 bridgehead atoms. The first-order valence-corrected chi connectivity index (χ1v) is 14.9. The lowest BCUT2D eigenvalue weighted by molar-refractivity contribution is -0.143. The molecule has 0 spiro atoms. The van der Waals surface area contributed by atoms with Crippen molar-refractivity contribution in [2.45, 2.75) is 22.6 Å². The van der Waals surface area contributed by atoms with Gasteiger partial charge in [-0.15, -0.1) is 11.8 Å². The van der Waals surface area contributed by atoms with Crippen LogP contribution in [0.4, 0.5) is 5.69 Å². The summed E-state index contributed by atoms with van der Waals surface area (Å²) in [5.41, 5.74) is 1.62. The largest absolute Gasteiger partial charge is 0.497 e. The van der Waals surface area contributed by atoms with Crippen molar-refractivity contribution >= 4 is 58.1 Å². The fourth-order valence-corrected chi connectivity index (χ4v) is 10.3. The van der Waals surface area contributed by atoms with Crippen LogP contribution in [0.1, 0.15) is 22.8 Å². The molecule has 3 amide bonds. The molecule has 4 aliphatic rings. The number of thiazole rings is 1. The first kappa shape index (κ1) is 24.9. The topological polar surface area (TPSA) is 109 Å². The number of halogens is 1. The van der Waals surface area contributed by atoms with E-state index in [0.717, 1.165) is 26.8 Å². The molecule has 39 heavy (non-hydrogen) atoms. The van der Waals surface area contributed by atoms with E-state index in [2.05, 4.69) is 10.3 Å². The number of hydrogen-bond donors (Lipinski definition) is 2. The third-order valence-electron chi connectivity index (χ3n) is 8.72. The van der Waals surface area contributed by atoms with Gasteiger partial charge in [-0.05, 0) is 66.1 Å². The Morgan fingerprint density at radius 3 is 2.44 bits per heavy atom. The van der Waals surface area contributed by atoms with Crippen LogP contribution in [0.3, 0.4) is 0 Å². The molecule has 1 saturated heterocycles. The number of ether oxygens (including phenoxy) is 1. The van der Waals surface area contributed by atoms with Crippen LogP contribution in [-0.2, 0) is 14.4 Å². The average Bonchev–Trinajstić information content (AvgIpc) is 3.66. The molecule has 11 heteroatoms. The van der Waals surface area contributed by atoms with Crippen LogP contribution in [0.25, 0.3) is 0 Å². The van der Waals surface area contributed by atoms with Gasteiger partial charge in [0.25, 0.3) is 0 Å². The maximum atomic E-state index is 13.7. The Kier molecular flexibility index (Phi) is 5.91. The summed E-state index contributed by atoms with van der Waals surface area (Å²) in [6, 6.07) is 14.6. The van der Waals surface area contributed by atoms with E-state index in [1.807, 2.05) is 24.3 Å². The smallest absolute Gasteiger partial charge is 0.305 e. The second-order valence-electron chi connectivity index (χ2n) is 10.6. The number of carbonyl (C=O) groups excluding carboxylic acids is 3. The first-order chi connectivity index (χ1) is 18.8. The number of imide groups is 1. The zero-order valence-corrected chi connectivity index (χ0v) is 23.1. The number of rotatable bonds is 5. The molecule has 7 rings (SSSR count). The van der Waals surface area contributed by atoms with Gasteiger partial charge < -0.3 is 15.0 Å². The van der Waals surface area contributed by atoms with Crippen molar-refractivity contribution < 1.29 is 19.1 Å². The molecule has 1 aromatic heterocycles. The average molecular weight is 582 g/mol. The molecule has 8 nitrogen and oxygen atoms in total. The van der Waals surface area contributed by atoms with Crippen molar-refractivity contribution in [3.05, 3.63) is 73.7 Å². The Morgan fingerprint density at radius 2 is 1.74 bits per heavy atom. The summed E-state index contributed by atoms with van der Waals surface area (Å²) in [5, 5.41) is 4.37. The normalized spacial score (nSPS) is 30.2. The maximum Gasteiger partial charge on any atom is 0.305 e. The van der Waals surface area contributed by atoms with Crippen LogP contribution in [0.15, 0.2) is 58.4 Å². The van der Waals surface area contributed by atoms with Gasteiger partial charge >= 0.3 is 4.87 Å². The van der Waals surface area contributed by atoms with Crippen LogP contribution in [0.5, 0.6) is 5.75 Å². The third-order valence-corrected chi connectivity index (χ3v) is 11.6. The Bertz CT molecular complexity index is 1550. The van der Waals surface area contributed by atoms with Crippen LogP contribution >= 0.6 is 34.7 Å². The molecule has 3 aromatic rings. The molecule has 0 radical (unpaired) electrons. The summed E-state index contributed by atoms with van der Waals surface area (Å²) in [6.07, 6.45) is 0.796. The van der Waals surface area contributed by atoms with E-state index in [1.54, 1.807) is 43.1 Å². The molecule has 7 unspecified atom stereocenters. The van der Waals surface area contributed by atoms with Gasteiger partial charge in [-0.3, -0.25) is 24.1 Å². The lowest BCUT2D eigenvalue weighted by Crippen LogP contribution is -2.42. The maximum absolute atomic E-state index is 13.7. The van der Waals surface area contributed by atoms with E-state index in [-0.39, 0.29) is 52.2 Å². The van der Waals surface area contributed by atoms with Gasteiger partial charge in [0.2, 0.25) is 17.7 Å². The number of fused-ring (bicyclic) bond motifs is 9. The van der Waals surface area contributed by atoms with Crippen molar-refractivity contribution in [1.82, 2.24) is 9.88 Å². The van der Waals surface area contributed by atoms with Gasteiger partial charge in [-0.2, -0.15) is 0 Å². The van der Waals surface area contributed by atoms with Gasteiger partial charge in [-0.25, -0.2) is 0 Å². The van der Waals surface area contributed by atoms with Crippen LogP contribution in [-0.4, -0.2) is 46.5 Å². The predicted molar refractivity (Wildman–Crippen MR) is 148 cm³/mol. The summed E-state index contributed by atoms with van der Waals surface area (Å²) in [5.74, 6) is -1.08. The molecule has 7 atom stereocenters. The highest BCUT2D eigenvalue weighted by Crippen LogP contribution is 2.68. The fraction of sp³-hybridized carbons (Fsp3) is 0.357. The summed E-state index contributed by atoms with van der Waals surface area (Å²) < 4.78 is 5.15. The summed E-state index contributed by atoms with van der Waals surface area (Å²) >= 11 is 9.04. The number of methoxy groups -OCH3 is 1. The minimum absolute atomic E-state index is 0.00497. The van der Waals surface area contributed by atoms with Crippen LogP contribution in [0, 0.1) is 29.6 Å². The van der Waals surface area contributed by atoms with Crippen molar-refractivity contribution in [3.8, 4) is 5.75 Å². The lowest BCUT2D eigenvalue weighted by Gasteiger charge is -2.43. The number of H-pyrrole nitrogens is 1. The number of benzene rings is 2. The molecule has 3 heterocycles. The SMILES string of the molecule is COc1ccc(NC(=O)CN2C(=O)C3C4CC(C3C2=O)C2C(c3ccc(Cl)cc3)c3sc(=O)[nH]c3SC42)cc1. The minimum atomic E-state index is -0.440. The number of thioether (sulfide) groups is 1. The second-order valence-corrected chi connectivity index (χ2v) is 13.2. The zero-order valence-electron chi connectivity index (χ0n) is 20.8. The number of aromatic nitrogens is 1. The number of aromatic amines is 1. The fourth-order valence-electron chi connectivity index (χ4n) is 7.30. The van der Waals surface area contributed by atoms with Crippen molar-refractivity contribution in [2.24, 2.45) is 29.6 Å². The highest BCUT2D eigenvalue weighted by molar-refractivity contribution is 8.00. The summed E-state index contributed by atoms with van der Waals surface area (Å²) in [4.78, 5) is 57.6. The molecular weight excluding hydrogens is 558 g/mol. The number of nitrogens with zero attached hydrogens (tertiary/aromatic N) is 1. The molecule has 2 saturated carbocycles. The summed E-state index contributed by atoms with van der Waals surface area (Å²) in [6.45, 7) is -0.306. The lowest BCUT2D eigenvalue weighted by atomic mass is 9.68. The van der Waals surface area contributed by atoms with Gasteiger partial charge in [0.1, 0.15) is 12.3 Å². The molecule has 200 valence electrons. The molecule has 3 fully saturated rings. The highest BCUT2D eigenvalue weighted by atomic mass is 35.5. The van der Waals surface area contributed by atoms with Crippen LogP contribution in [0.2, 0.25) is 5.02 Å². The van der Waals surface area contributed by atoms with E-state index in [0.29, 0.717) is 16.5 Å². The number of hydrogen-bond acceptors (Lipinski definition) is 7. The summed E-state index contributed by atoms with van der Waals surface area (Å²) in [7, 11) is 1.56. The van der Waals surface area contributed by atoms with Crippen molar-refractivity contribution in [2.75, 3.05) is 19.0 Å². The van der Waals surface area contributed by atoms with Crippen molar-refractivity contribution in [1.29, 1.82) is 0 Å². The van der Waals surface area contributed by atoms with Crippen LogP contribution < -0.4 is 14.9 Å². The van der Waals surface area contributed by atoms with Crippen molar-refractivity contribution in [3.63, 3.8) is 0 Å². The molecule has 2 aliphatic heterocycles. The number of amides is 3. The number of carbonyl (C=O) groups is 3. The third kappa shape index (κ3) is 3.87. The molecule has 2 aliphatic carbocycles. The monoisotopic (exact) mass is 581 g/mol. The molecular formula is C28H24ClN3O5S2. The second kappa shape index (κ2) is 9.25. The Hall–Kier alpha value is -3.08. The van der Waals surface area contributed by atoms with Gasteiger partial charge in [0.15, 0.2) is 0 Å². The van der Waals surface area contributed by atoms with E-state index >= 15 is 0 Å². The standard InChI is InChI=1S/C28H24ClN3O5S2/c1-37-15-8-6-14(7-9-15)30-18(33)11-32-26(34)21-16-10-17(22(21)27(32)35)23-20(16)19(12-2-4-13(29)5-3-12)24-25(38-23)31-28(36)39-24/h2-9,16-17,19-23H,10-11H2,1H3,(H,30,33)(H,31,36). The Labute approximate surface area is 237 Å². The van der Waals surface area contributed by atoms with E-state index in [1.165, 1.54) is 11.3 Å². The predicted octanol–water partition coefficient (Wildman–Crippen LogP) is 4.21. The van der Waals surface area contributed by atoms with Gasteiger partial charge in [-0.1, -0.05) is 35.1 Å². The Morgan fingerprint density at radius 1 is 1.05 bits per heavy atom. The highest BCUT2D eigenvalue weighted by Gasteiger charge is 2.69. The quantitative estimate of drug-likeness (QED) is 0.437. The zero-order chi connectivity index (χ0) is 27.0. The number of likely N-dealkylation sites (tertiary alicyclic amines) is 1. The van der Waals surface area contributed by atoms with Gasteiger partial charge in [0.05, 0.1) is 24.0 Å². The van der Waals surface area contributed by atoms with E-state index in [4.69, 9.17) is 16.3 Å².